The molecule has 21 heavy (non-hydrogen) atoms. The van der Waals surface area contributed by atoms with Gasteiger partial charge in [-0.15, -0.1) is 0 Å². The van der Waals surface area contributed by atoms with E-state index in [1.165, 1.54) is 12.1 Å². The van der Waals surface area contributed by atoms with Gasteiger partial charge in [-0.25, -0.2) is 4.39 Å². The highest BCUT2D eigenvalue weighted by atomic mass is 19.4. The average molecular weight is 301 g/mol. The monoisotopic (exact) mass is 301 g/mol. The number of nitro groups is 1. The Labute approximate surface area is 115 Å². The van der Waals surface area contributed by atoms with E-state index in [-0.39, 0.29) is 11.5 Å². The van der Waals surface area contributed by atoms with Gasteiger partial charge in [0.2, 0.25) is 5.75 Å². The molecule has 0 unspecified atom stereocenters. The molecule has 0 saturated carbocycles. The van der Waals surface area contributed by atoms with E-state index in [2.05, 4.69) is 0 Å². The molecule has 0 bridgehead atoms. The molecule has 0 aliphatic heterocycles. The number of halogens is 4. The molecule has 8 heteroatoms. The quantitative estimate of drug-likeness (QED) is 0.475. The van der Waals surface area contributed by atoms with Gasteiger partial charge in [-0.05, 0) is 36.4 Å². The second-order valence-corrected chi connectivity index (χ2v) is 3.99. The Morgan fingerprint density at radius 1 is 1.05 bits per heavy atom. The van der Waals surface area contributed by atoms with Crippen molar-refractivity contribution in [2.75, 3.05) is 0 Å². The summed E-state index contributed by atoms with van der Waals surface area (Å²) in [7, 11) is 0. The summed E-state index contributed by atoms with van der Waals surface area (Å²) in [5.74, 6) is -0.830. The summed E-state index contributed by atoms with van der Waals surface area (Å²) in [6.45, 7) is 0. The van der Waals surface area contributed by atoms with Crippen LogP contribution in [-0.4, -0.2) is 4.92 Å². The molecule has 0 amide bonds. The lowest BCUT2D eigenvalue weighted by Gasteiger charge is -2.09. The minimum atomic E-state index is -4.70. The summed E-state index contributed by atoms with van der Waals surface area (Å²) in [5, 5.41) is 10.8. The van der Waals surface area contributed by atoms with Crippen LogP contribution in [0.15, 0.2) is 42.5 Å². The number of alkyl halides is 3. The molecule has 0 saturated heterocycles. The van der Waals surface area contributed by atoms with Crippen molar-refractivity contribution in [1.29, 1.82) is 0 Å². The minimum Gasteiger partial charge on any atom is -0.450 e. The highest BCUT2D eigenvalue weighted by Gasteiger charge is 2.33. The first-order valence-corrected chi connectivity index (χ1v) is 5.56. The van der Waals surface area contributed by atoms with E-state index >= 15 is 0 Å². The van der Waals surface area contributed by atoms with Crippen LogP contribution < -0.4 is 4.74 Å². The molecule has 110 valence electrons. The fraction of sp³-hybridized carbons (Fsp3) is 0.0769. The molecule has 0 N–H and O–H groups in total. The number of hydrogen-bond acceptors (Lipinski definition) is 3. The zero-order chi connectivity index (χ0) is 15.6. The molecule has 0 aliphatic rings. The number of ether oxygens (including phenoxy) is 1. The number of benzene rings is 2. The molecule has 0 spiro atoms. The second kappa shape index (κ2) is 5.39. The number of hydrogen-bond donors (Lipinski definition) is 0. The highest BCUT2D eigenvalue weighted by molar-refractivity contribution is 5.51. The van der Waals surface area contributed by atoms with Gasteiger partial charge in [0.1, 0.15) is 11.6 Å². The van der Waals surface area contributed by atoms with Gasteiger partial charge in [0, 0.05) is 6.07 Å². The Balaban J connectivity index is 2.39. The Morgan fingerprint density at radius 2 is 1.67 bits per heavy atom. The van der Waals surface area contributed by atoms with Gasteiger partial charge in [0.15, 0.2) is 0 Å². The maximum absolute atomic E-state index is 12.7. The molecule has 2 aromatic rings. The first-order valence-electron chi connectivity index (χ1n) is 5.56. The highest BCUT2D eigenvalue weighted by Crippen LogP contribution is 2.37. The van der Waals surface area contributed by atoms with Crippen molar-refractivity contribution in [1.82, 2.24) is 0 Å². The first-order chi connectivity index (χ1) is 9.77. The lowest BCUT2D eigenvalue weighted by atomic mass is 10.2. The molecule has 0 heterocycles. The third-order valence-corrected chi connectivity index (χ3v) is 2.52. The van der Waals surface area contributed by atoms with Crippen LogP contribution in [0, 0.1) is 15.9 Å². The SMILES string of the molecule is O=[N+]([O-])c1cc(C(F)(F)F)ccc1Oc1ccc(F)cc1. The van der Waals surface area contributed by atoms with Gasteiger partial charge in [-0.3, -0.25) is 10.1 Å². The Morgan fingerprint density at radius 3 is 2.19 bits per heavy atom. The molecule has 0 aromatic heterocycles. The predicted octanol–water partition coefficient (Wildman–Crippen LogP) is 4.55. The molecular weight excluding hydrogens is 294 g/mol. The van der Waals surface area contributed by atoms with Crippen molar-refractivity contribution < 1.29 is 27.2 Å². The van der Waals surface area contributed by atoms with Crippen molar-refractivity contribution >= 4 is 5.69 Å². The van der Waals surface area contributed by atoms with Crippen LogP contribution in [0.5, 0.6) is 11.5 Å². The van der Waals surface area contributed by atoms with Crippen LogP contribution in [0.4, 0.5) is 23.2 Å². The van der Waals surface area contributed by atoms with Crippen molar-refractivity contribution in [3.8, 4) is 11.5 Å². The van der Waals surface area contributed by atoms with Gasteiger partial charge in [0.25, 0.3) is 0 Å². The minimum absolute atomic E-state index is 0.0688. The van der Waals surface area contributed by atoms with E-state index in [0.29, 0.717) is 12.1 Å². The lowest BCUT2D eigenvalue weighted by molar-refractivity contribution is -0.385. The number of rotatable bonds is 3. The summed E-state index contributed by atoms with van der Waals surface area (Å²) in [4.78, 5) is 9.87. The fourth-order valence-electron chi connectivity index (χ4n) is 1.55. The summed E-state index contributed by atoms with van der Waals surface area (Å²) in [6.07, 6.45) is -4.70. The van der Waals surface area contributed by atoms with Gasteiger partial charge in [0.05, 0.1) is 10.5 Å². The van der Waals surface area contributed by atoms with Crippen LogP contribution in [-0.2, 0) is 6.18 Å². The van der Waals surface area contributed by atoms with Gasteiger partial charge in [-0.1, -0.05) is 0 Å². The topological polar surface area (TPSA) is 52.4 Å². The molecule has 4 nitrogen and oxygen atoms in total. The second-order valence-electron chi connectivity index (χ2n) is 3.99. The lowest BCUT2D eigenvalue weighted by Crippen LogP contribution is -2.06. The third-order valence-electron chi connectivity index (χ3n) is 2.52. The molecule has 0 atom stereocenters. The maximum atomic E-state index is 12.7. The van der Waals surface area contributed by atoms with Crippen molar-refractivity contribution in [3.05, 3.63) is 64.0 Å². The summed E-state index contributed by atoms with van der Waals surface area (Å²) in [6, 6.07) is 6.44. The zero-order valence-corrected chi connectivity index (χ0v) is 10.2. The van der Waals surface area contributed by atoms with Crippen LogP contribution >= 0.6 is 0 Å². The normalized spacial score (nSPS) is 11.2. The van der Waals surface area contributed by atoms with E-state index in [1.54, 1.807) is 0 Å². The van der Waals surface area contributed by atoms with Crippen LogP contribution in [0.3, 0.4) is 0 Å². The summed E-state index contributed by atoms with van der Waals surface area (Å²) >= 11 is 0. The molecule has 0 fully saturated rings. The molecule has 0 aliphatic carbocycles. The summed E-state index contributed by atoms with van der Waals surface area (Å²) in [5.41, 5.74) is -1.98. The van der Waals surface area contributed by atoms with E-state index in [1.807, 2.05) is 0 Å². The van der Waals surface area contributed by atoms with E-state index in [4.69, 9.17) is 4.74 Å². The Kier molecular flexibility index (Phi) is 3.79. The van der Waals surface area contributed by atoms with Gasteiger partial charge < -0.3 is 4.74 Å². The van der Waals surface area contributed by atoms with Gasteiger partial charge >= 0.3 is 11.9 Å². The summed E-state index contributed by atoms with van der Waals surface area (Å²) < 4.78 is 55.4. The Bertz CT molecular complexity index is 668. The number of nitrogens with zero attached hydrogens (tertiary/aromatic N) is 1. The number of nitro benzene ring substituents is 1. The molecule has 2 rings (SSSR count). The molecule has 2 aromatic carbocycles. The Hall–Kier alpha value is -2.64. The van der Waals surface area contributed by atoms with E-state index in [9.17, 15) is 27.7 Å². The molecular formula is C13H7F4NO3. The average Bonchev–Trinajstić information content (AvgIpc) is 2.40. The third kappa shape index (κ3) is 3.47. The largest absolute Gasteiger partial charge is 0.450 e. The van der Waals surface area contributed by atoms with Crippen molar-refractivity contribution in [3.63, 3.8) is 0 Å². The maximum Gasteiger partial charge on any atom is 0.416 e. The smallest absolute Gasteiger partial charge is 0.416 e. The van der Waals surface area contributed by atoms with Crippen molar-refractivity contribution in [2.24, 2.45) is 0 Å². The predicted molar refractivity (Wildman–Crippen MR) is 64.6 cm³/mol. The first kappa shape index (κ1) is 14.8. The molecule has 0 radical (unpaired) electrons. The van der Waals surface area contributed by atoms with Crippen LogP contribution in [0.25, 0.3) is 0 Å². The fourth-order valence-corrected chi connectivity index (χ4v) is 1.55. The standard InChI is InChI=1S/C13H7F4NO3/c14-9-2-4-10(5-3-9)21-12-6-1-8(13(15,16)17)7-11(12)18(19)20/h1-7H. The van der Waals surface area contributed by atoms with E-state index in [0.717, 1.165) is 18.2 Å². The zero-order valence-electron chi connectivity index (χ0n) is 10.2. The van der Waals surface area contributed by atoms with Crippen LogP contribution in [0.1, 0.15) is 5.56 Å². The van der Waals surface area contributed by atoms with Gasteiger partial charge in [-0.2, -0.15) is 13.2 Å². The van der Waals surface area contributed by atoms with Crippen molar-refractivity contribution in [2.45, 2.75) is 6.18 Å². The van der Waals surface area contributed by atoms with E-state index < -0.39 is 28.2 Å². The van der Waals surface area contributed by atoms with Crippen LogP contribution in [0.2, 0.25) is 0 Å².